The molecule has 0 radical (unpaired) electrons. The van der Waals surface area contributed by atoms with Crippen molar-refractivity contribution in [3.05, 3.63) is 24.0 Å². The summed E-state index contributed by atoms with van der Waals surface area (Å²) in [5, 5.41) is 0. The van der Waals surface area contributed by atoms with Crippen LogP contribution in [-0.4, -0.2) is 24.2 Å². The average Bonchev–Trinajstić information content (AvgIpc) is 2.26. The second-order valence-electron chi connectivity index (χ2n) is 3.30. The van der Waals surface area contributed by atoms with Gasteiger partial charge in [-0.1, -0.05) is 0 Å². The fraction of sp³-hybridized carbons (Fsp3) is 0.500. The van der Waals surface area contributed by atoms with Crippen LogP contribution >= 0.6 is 0 Å². The quantitative estimate of drug-likeness (QED) is 0.457. The van der Waals surface area contributed by atoms with Crippen molar-refractivity contribution in [1.82, 2.24) is 10.4 Å². The van der Waals surface area contributed by atoms with E-state index in [1.165, 1.54) is 0 Å². The van der Waals surface area contributed by atoms with Crippen LogP contribution in [0.3, 0.4) is 0 Å². The lowest BCUT2D eigenvalue weighted by Gasteiger charge is -2.16. The van der Waals surface area contributed by atoms with Crippen LogP contribution < -0.4 is 17.0 Å². The van der Waals surface area contributed by atoms with Gasteiger partial charge in [-0.2, -0.15) is 0 Å². The summed E-state index contributed by atoms with van der Waals surface area (Å²) in [7, 11) is 0. The van der Waals surface area contributed by atoms with Gasteiger partial charge in [-0.05, 0) is 25.0 Å². The van der Waals surface area contributed by atoms with E-state index >= 15 is 0 Å². The highest BCUT2D eigenvalue weighted by Crippen LogP contribution is 2.11. The second-order valence-corrected chi connectivity index (χ2v) is 3.30. The zero-order valence-electron chi connectivity index (χ0n) is 8.94. The van der Waals surface area contributed by atoms with E-state index in [2.05, 4.69) is 10.4 Å². The molecule has 0 saturated heterocycles. The van der Waals surface area contributed by atoms with Crippen molar-refractivity contribution in [2.75, 3.05) is 18.9 Å². The molecule has 1 heterocycles. The fourth-order valence-corrected chi connectivity index (χ4v) is 1.30. The maximum atomic E-state index is 5.80. The van der Waals surface area contributed by atoms with Gasteiger partial charge in [0.1, 0.15) is 0 Å². The van der Waals surface area contributed by atoms with Gasteiger partial charge < -0.3 is 10.5 Å². The molecule has 1 unspecified atom stereocenters. The van der Waals surface area contributed by atoms with E-state index in [9.17, 15) is 0 Å². The van der Waals surface area contributed by atoms with Gasteiger partial charge in [0.05, 0.1) is 6.61 Å². The minimum absolute atomic E-state index is 0.0662. The molecule has 0 saturated carbocycles. The average molecular weight is 210 g/mol. The van der Waals surface area contributed by atoms with Crippen molar-refractivity contribution in [2.45, 2.75) is 19.4 Å². The maximum absolute atomic E-state index is 5.80. The molecule has 84 valence electrons. The van der Waals surface area contributed by atoms with E-state index in [1.807, 2.05) is 6.92 Å². The normalized spacial score (nSPS) is 12.7. The first kappa shape index (κ1) is 11.9. The van der Waals surface area contributed by atoms with Crippen molar-refractivity contribution in [3.63, 3.8) is 0 Å². The minimum Gasteiger partial charge on any atom is -0.398 e. The van der Waals surface area contributed by atoms with E-state index in [4.69, 9.17) is 16.3 Å². The summed E-state index contributed by atoms with van der Waals surface area (Å²) >= 11 is 0. The smallest absolute Gasteiger partial charge is 0.0636 e. The summed E-state index contributed by atoms with van der Waals surface area (Å²) in [5.74, 6) is 5.42. The van der Waals surface area contributed by atoms with E-state index < -0.39 is 0 Å². The van der Waals surface area contributed by atoms with E-state index in [0.717, 1.165) is 17.7 Å². The number of ether oxygens (including phenoxy) is 1. The largest absolute Gasteiger partial charge is 0.398 e. The molecule has 1 aromatic heterocycles. The first-order valence-electron chi connectivity index (χ1n) is 5.00. The van der Waals surface area contributed by atoms with Crippen LogP contribution in [0.2, 0.25) is 0 Å². The predicted molar refractivity (Wildman–Crippen MR) is 60.0 cm³/mol. The van der Waals surface area contributed by atoms with Gasteiger partial charge in [-0.15, -0.1) is 0 Å². The molecule has 5 N–H and O–H groups in total. The molecule has 1 rings (SSSR count). The number of rotatable bonds is 6. The summed E-state index contributed by atoms with van der Waals surface area (Å²) in [6, 6.07) is 1.85. The van der Waals surface area contributed by atoms with Crippen LogP contribution in [0.5, 0.6) is 0 Å². The van der Waals surface area contributed by atoms with Crippen molar-refractivity contribution in [1.29, 1.82) is 0 Å². The van der Waals surface area contributed by atoms with E-state index in [0.29, 0.717) is 13.2 Å². The zero-order chi connectivity index (χ0) is 11.1. The van der Waals surface area contributed by atoms with Gasteiger partial charge in [0.25, 0.3) is 0 Å². The van der Waals surface area contributed by atoms with Crippen LogP contribution in [0.25, 0.3) is 0 Å². The minimum atomic E-state index is 0.0662. The highest BCUT2D eigenvalue weighted by molar-refractivity contribution is 5.44. The van der Waals surface area contributed by atoms with Gasteiger partial charge >= 0.3 is 0 Å². The summed E-state index contributed by atoms with van der Waals surface area (Å²) in [4.78, 5) is 4.02. The Morgan fingerprint density at radius 2 is 2.40 bits per heavy atom. The van der Waals surface area contributed by atoms with Gasteiger partial charge in [0.2, 0.25) is 0 Å². The van der Waals surface area contributed by atoms with Crippen LogP contribution in [0, 0.1) is 0 Å². The fourth-order valence-electron chi connectivity index (χ4n) is 1.30. The number of pyridine rings is 1. The Bertz CT molecular complexity index is 293. The van der Waals surface area contributed by atoms with Gasteiger partial charge in [0.15, 0.2) is 0 Å². The number of nitrogens with one attached hydrogen (secondary N) is 1. The molecule has 15 heavy (non-hydrogen) atoms. The van der Waals surface area contributed by atoms with Crippen LogP contribution in [0.4, 0.5) is 5.69 Å². The van der Waals surface area contributed by atoms with Crippen LogP contribution in [0.15, 0.2) is 18.5 Å². The molecular formula is C10H18N4O. The number of hydrogen-bond acceptors (Lipinski definition) is 5. The summed E-state index contributed by atoms with van der Waals surface area (Å²) in [5.41, 5.74) is 10.2. The maximum Gasteiger partial charge on any atom is 0.0636 e. The highest BCUT2D eigenvalue weighted by Gasteiger charge is 2.09. The third-order valence-corrected chi connectivity index (χ3v) is 2.17. The Hall–Kier alpha value is -1.17. The molecule has 0 fully saturated rings. The Kier molecular flexibility index (Phi) is 5.03. The number of nitrogens with zero attached hydrogens (tertiary/aromatic N) is 1. The van der Waals surface area contributed by atoms with Crippen molar-refractivity contribution >= 4 is 5.69 Å². The monoisotopic (exact) mass is 210 g/mol. The predicted octanol–water partition coefficient (Wildman–Crippen LogP) is 0.0747. The number of anilines is 1. The first-order chi connectivity index (χ1) is 7.27. The molecule has 0 amide bonds. The molecule has 0 aliphatic carbocycles. The van der Waals surface area contributed by atoms with E-state index in [-0.39, 0.29) is 6.04 Å². The lowest BCUT2D eigenvalue weighted by atomic mass is 10.1. The lowest BCUT2D eigenvalue weighted by molar-refractivity contribution is 0.123. The van der Waals surface area contributed by atoms with Gasteiger partial charge in [0, 0.05) is 30.7 Å². The van der Waals surface area contributed by atoms with Crippen LogP contribution in [-0.2, 0) is 11.2 Å². The molecular weight excluding hydrogens is 192 g/mol. The molecule has 1 aromatic rings. The van der Waals surface area contributed by atoms with Crippen LogP contribution in [0.1, 0.15) is 12.5 Å². The third kappa shape index (κ3) is 3.83. The molecule has 0 spiro atoms. The van der Waals surface area contributed by atoms with Crippen molar-refractivity contribution < 1.29 is 4.74 Å². The SMILES string of the molecule is CCOCC(Cc1cnccc1N)NN. The summed E-state index contributed by atoms with van der Waals surface area (Å²) < 4.78 is 5.29. The standard InChI is InChI=1S/C10H18N4O/c1-2-15-7-9(14-12)5-8-6-13-4-3-10(8)11/h3-4,6,9,14H,2,5,7,12H2,1H3,(H2,11,13). The number of hydrazine groups is 1. The first-order valence-corrected chi connectivity index (χ1v) is 5.00. The number of nitrogens with two attached hydrogens (primary N) is 2. The molecule has 0 aromatic carbocycles. The van der Waals surface area contributed by atoms with Gasteiger partial charge in [-0.3, -0.25) is 16.3 Å². The topological polar surface area (TPSA) is 86.2 Å². The molecule has 0 aliphatic rings. The van der Waals surface area contributed by atoms with Gasteiger partial charge in [-0.25, -0.2) is 0 Å². The summed E-state index contributed by atoms with van der Waals surface area (Å²) in [6.45, 7) is 3.20. The second kappa shape index (κ2) is 6.34. The lowest BCUT2D eigenvalue weighted by Crippen LogP contribution is -2.40. The molecule has 1 atom stereocenters. The third-order valence-electron chi connectivity index (χ3n) is 2.17. The van der Waals surface area contributed by atoms with Crippen molar-refractivity contribution in [3.8, 4) is 0 Å². The molecule has 0 aliphatic heterocycles. The Morgan fingerprint density at radius 3 is 3.00 bits per heavy atom. The van der Waals surface area contributed by atoms with E-state index in [1.54, 1.807) is 18.5 Å². The zero-order valence-corrected chi connectivity index (χ0v) is 8.94. The Labute approximate surface area is 89.8 Å². The number of aromatic nitrogens is 1. The molecule has 5 heteroatoms. The summed E-state index contributed by atoms with van der Waals surface area (Å²) in [6.07, 6.45) is 4.15. The Morgan fingerprint density at radius 1 is 1.60 bits per heavy atom. The molecule has 5 nitrogen and oxygen atoms in total. The highest BCUT2D eigenvalue weighted by atomic mass is 16.5. The Balaban J connectivity index is 2.54. The number of hydrogen-bond donors (Lipinski definition) is 3. The molecule has 0 bridgehead atoms. The number of nitrogen functional groups attached to an aromatic ring is 1. The van der Waals surface area contributed by atoms with Crippen molar-refractivity contribution in [2.24, 2.45) is 5.84 Å².